The average molecular weight is 500 g/mol. The molecule has 1 heterocycles. The van der Waals surface area contributed by atoms with Crippen molar-refractivity contribution in [2.75, 3.05) is 5.32 Å². The van der Waals surface area contributed by atoms with Crippen LogP contribution >= 0.6 is 23.3 Å². The summed E-state index contributed by atoms with van der Waals surface area (Å²) >= 11 is 1.93. The van der Waals surface area contributed by atoms with Crippen LogP contribution in [0.1, 0.15) is 32.6 Å². The number of hydrogen-bond acceptors (Lipinski definition) is 5. The lowest BCUT2D eigenvalue weighted by molar-refractivity contribution is -0.138. The second-order valence-electron chi connectivity index (χ2n) is 6.88. The van der Waals surface area contributed by atoms with Gasteiger partial charge in [-0.05, 0) is 41.7 Å². The van der Waals surface area contributed by atoms with Crippen molar-refractivity contribution >= 4 is 40.3 Å². The fraction of sp³-hybridized carbons (Fsp3) is 0.190. The Balaban J connectivity index is 1.68. The molecule has 0 atom stereocenters. The Bertz CT molecular complexity index is 1160. The average Bonchev–Trinajstić information content (AvgIpc) is 3.14. The fourth-order valence-electron chi connectivity index (χ4n) is 2.77. The number of aromatic carboxylic acids is 1. The molecule has 1 aromatic heterocycles. The van der Waals surface area contributed by atoms with Gasteiger partial charge in [-0.2, -0.15) is 17.5 Å². The number of aryl methyl sites for hydroxylation is 1. The molecule has 33 heavy (non-hydrogen) atoms. The van der Waals surface area contributed by atoms with E-state index in [1.165, 1.54) is 11.8 Å². The molecule has 0 radical (unpaired) electrons. The molecule has 0 aliphatic carbocycles. The summed E-state index contributed by atoms with van der Waals surface area (Å²) in [4.78, 5) is 23.9. The number of carboxylic acid groups (broad SMARTS) is 1. The number of hydrogen-bond donors (Lipinski definition) is 3. The lowest BCUT2D eigenvalue weighted by atomic mass is 10.1. The van der Waals surface area contributed by atoms with Gasteiger partial charge in [-0.1, -0.05) is 47.7 Å². The van der Waals surface area contributed by atoms with Gasteiger partial charge in [-0.25, -0.2) is 14.0 Å². The first kappa shape index (κ1) is 24.5. The minimum absolute atomic E-state index is 0.0541. The first-order chi connectivity index (χ1) is 15.5. The maximum Gasteiger partial charge on any atom is 0.416 e. The van der Waals surface area contributed by atoms with Crippen LogP contribution in [0.15, 0.2) is 47.5 Å². The van der Waals surface area contributed by atoms with E-state index in [0.29, 0.717) is 11.8 Å². The quantitative estimate of drug-likeness (QED) is 0.277. The number of anilines is 1. The molecule has 0 aliphatic rings. The molecule has 0 saturated carbocycles. The van der Waals surface area contributed by atoms with Gasteiger partial charge in [0.25, 0.3) is 0 Å². The van der Waals surface area contributed by atoms with Crippen LogP contribution < -0.4 is 10.6 Å². The summed E-state index contributed by atoms with van der Waals surface area (Å²) in [6, 6.07) is 8.88. The van der Waals surface area contributed by atoms with Crippen molar-refractivity contribution in [2.24, 2.45) is 0 Å². The Kier molecular flexibility index (Phi) is 7.59. The van der Waals surface area contributed by atoms with Crippen molar-refractivity contribution in [3.63, 3.8) is 0 Å². The van der Waals surface area contributed by atoms with Crippen molar-refractivity contribution in [3.8, 4) is 0 Å². The Morgan fingerprint density at radius 3 is 2.48 bits per heavy atom. The highest BCUT2D eigenvalue weighted by Gasteiger charge is 2.33. The Hall–Kier alpha value is -3.12. The predicted octanol–water partition coefficient (Wildman–Crippen LogP) is 5.92. The molecule has 3 aromatic rings. The largest absolute Gasteiger partial charge is 0.477 e. The van der Waals surface area contributed by atoms with Crippen LogP contribution in [0.3, 0.4) is 0 Å². The number of nitrogens with one attached hydrogen (secondary N) is 2. The zero-order valence-electron chi connectivity index (χ0n) is 17.0. The van der Waals surface area contributed by atoms with Crippen LogP contribution in [0.2, 0.25) is 0 Å². The third-order valence-corrected chi connectivity index (χ3v) is 6.34. The van der Waals surface area contributed by atoms with E-state index in [1.54, 1.807) is 0 Å². The molecule has 0 spiro atoms. The van der Waals surface area contributed by atoms with Crippen molar-refractivity contribution in [1.82, 2.24) is 9.69 Å². The van der Waals surface area contributed by atoms with Gasteiger partial charge >= 0.3 is 18.2 Å². The first-order valence-corrected chi connectivity index (χ1v) is 11.1. The van der Waals surface area contributed by atoms with Crippen LogP contribution in [0, 0.1) is 12.7 Å². The van der Waals surface area contributed by atoms with E-state index in [0.717, 1.165) is 34.8 Å². The van der Waals surface area contributed by atoms with Gasteiger partial charge < -0.3 is 10.4 Å². The molecule has 0 saturated heterocycles. The maximum absolute atomic E-state index is 13.2. The Morgan fingerprint density at radius 1 is 1.15 bits per heavy atom. The van der Waals surface area contributed by atoms with Gasteiger partial charge in [0.05, 0.1) is 5.56 Å². The maximum atomic E-state index is 13.2. The normalized spacial score (nSPS) is 11.3. The van der Waals surface area contributed by atoms with Gasteiger partial charge in [0.15, 0.2) is 0 Å². The molecular formula is C21H17F4N3O3S2. The molecule has 3 N–H and O–H groups in total. The highest BCUT2D eigenvalue weighted by Crippen LogP contribution is 2.34. The van der Waals surface area contributed by atoms with E-state index in [9.17, 15) is 32.3 Å². The summed E-state index contributed by atoms with van der Waals surface area (Å²) in [5.41, 5.74) is 0.300. The minimum Gasteiger partial charge on any atom is -0.477 e. The summed E-state index contributed by atoms with van der Waals surface area (Å²) in [5.74, 6) is -1.90. The van der Waals surface area contributed by atoms with Gasteiger partial charge in [-0.3, -0.25) is 5.32 Å². The zero-order chi connectivity index (χ0) is 24.2. The number of nitrogens with zero attached hydrogens (tertiary/aromatic N) is 1. The molecule has 0 fully saturated rings. The number of carbonyl (C=O) groups excluding carboxylic acids is 1. The van der Waals surface area contributed by atoms with Crippen molar-refractivity contribution in [2.45, 2.75) is 30.4 Å². The number of carboxylic acids is 1. The second kappa shape index (κ2) is 10.2. The standard InChI is InChI=1S/C21H17F4N3O3S2/c1-11-2-4-12(5-3-11)10-32-18-16(19(29)30)17(33-28-18)27-20(31)26-9-13-6-7-14(22)8-15(13)21(23,24)25/h2-8H,9-10H2,1H3,(H,29,30)(H2,26,27,31). The summed E-state index contributed by atoms with van der Waals surface area (Å²) in [6.45, 7) is 1.40. The predicted molar refractivity (Wildman–Crippen MR) is 117 cm³/mol. The van der Waals surface area contributed by atoms with Gasteiger partial charge in [0.2, 0.25) is 0 Å². The van der Waals surface area contributed by atoms with Crippen LogP contribution in [0.25, 0.3) is 0 Å². The van der Waals surface area contributed by atoms with Gasteiger partial charge in [0, 0.05) is 12.3 Å². The third-order valence-electron chi connectivity index (χ3n) is 4.41. The van der Waals surface area contributed by atoms with E-state index < -0.39 is 36.1 Å². The fourth-order valence-corrected chi connectivity index (χ4v) is 4.67. The van der Waals surface area contributed by atoms with E-state index >= 15 is 0 Å². The number of alkyl halides is 3. The van der Waals surface area contributed by atoms with Gasteiger partial charge in [-0.15, -0.1) is 0 Å². The van der Waals surface area contributed by atoms with Crippen molar-refractivity contribution in [3.05, 3.63) is 76.1 Å². The third kappa shape index (κ3) is 6.45. The first-order valence-electron chi connectivity index (χ1n) is 9.36. The van der Waals surface area contributed by atoms with Crippen molar-refractivity contribution in [1.29, 1.82) is 0 Å². The summed E-state index contributed by atoms with van der Waals surface area (Å²) in [7, 11) is 0. The van der Waals surface area contributed by atoms with Crippen LogP contribution in [0.4, 0.5) is 27.4 Å². The number of thioether (sulfide) groups is 1. The lowest BCUT2D eigenvalue weighted by Crippen LogP contribution is -2.29. The lowest BCUT2D eigenvalue weighted by Gasteiger charge is -2.14. The minimum atomic E-state index is -4.80. The van der Waals surface area contributed by atoms with Gasteiger partial charge in [0.1, 0.15) is 21.4 Å². The summed E-state index contributed by atoms with van der Waals surface area (Å²) in [5, 5.41) is 14.3. The van der Waals surface area contributed by atoms with E-state index in [4.69, 9.17) is 0 Å². The molecule has 12 heteroatoms. The number of urea groups is 1. The molecule has 0 aliphatic heterocycles. The molecule has 174 valence electrons. The van der Waals surface area contributed by atoms with Crippen LogP contribution in [0.5, 0.6) is 0 Å². The smallest absolute Gasteiger partial charge is 0.416 e. The Labute approximate surface area is 194 Å². The number of aromatic nitrogens is 1. The SMILES string of the molecule is Cc1ccc(CSc2nsc(NC(=O)NCc3ccc(F)cc3C(F)(F)F)c2C(=O)O)cc1. The molecule has 0 bridgehead atoms. The second-order valence-corrected chi connectivity index (χ2v) is 8.62. The number of amides is 2. The Morgan fingerprint density at radius 2 is 1.85 bits per heavy atom. The molecule has 2 amide bonds. The topological polar surface area (TPSA) is 91.3 Å². The molecule has 0 unspecified atom stereocenters. The molecule has 3 rings (SSSR count). The monoisotopic (exact) mass is 499 g/mol. The van der Waals surface area contributed by atoms with E-state index in [1.807, 2.05) is 31.2 Å². The number of benzene rings is 2. The summed E-state index contributed by atoms with van der Waals surface area (Å²) < 4.78 is 56.6. The highest BCUT2D eigenvalue weighted by atomic mass is 32.2. The number of rotatable bonds is 7. The number of halogens is 4. The van der Waals surface area contributed by atoms with Crippen molar-refractivity contribution < 1.29 is 32.3 Å². The highest BCUT2D eigenvalue weighted by molar-refractivity contribution is 7.98. The van der Waals surface area contributed by atoms with Crippen LogP contribution in [-0.4, -0.2) is 21.5 Å². The van der Waals surface area contributed by atoms with E-state index in [2.05, 4.69) is 15.0 Å². The molecule has 6 nitrogen and oxygen atoms in total. The molecular weight excluding hydrogens is 482 g/mol. The zero-order valence-corrected chi connectivity index (χ0v) is 18.6. The molecule has 2 aromatic carbocycles. The van der Waals surface area contributed by atoms with Crippen LogP contribution in [-0.2, 0) is 18.5 Å². The van der Waals surface area contributed by atoms with E-state index in [-0.39, 0.29) is 21.2 Å². The summed E-state index contributed by atoms with van der Waals surface area (Å²) in [6.07, 6.45) is -4.80. The number of carbonyl (C=O) groups is 2.